The molecular formula is C16H22N2O3. The summed E-state index contributed by atoms with van der Waals surface area (Å²) in [4.78, 5) is 12.2. The predicted molar refractivity (Wildman–Crippen MR) is 79.3 cm³/mol. The minimum atomic E-state index is -0.138. The van der Waals surface area contributed by atoms with Gasteiger partial charge in [0.1, 0.15) is 12.7 Å². The van der Waals surface area contributed by atoms with E-state index in [4.69, 9.17) is 15.2 Å². The van der Waals surface area contributed by atoms with Crippen molar-refractivity contribution in [3.8, 4) is 11.5 Å². The molecule has 1 aromatic rings. The molecule has 2 aliphatic rings. The van der Waals surface area contributed by atoms with Crippen molar-refractivity contribution < 1.29 is 14.3 Å². The highest BCUT2D eigenvalue weighted by Gasteiger charge is 2.27. The third-order valence-corrected chi connectivity index (χ3v) is 4.16. The van der Waals surface area contributed by atoms with E-state index in [1.807, 2.05) is 24.3 Å². The summed E-state index contributed by atoms with van der Waals surface area (Å²) in [6.07, 6.45) is 3.65. The van der Waals surface area contributed by atoms with Gasteiger partial charge in [-0.25, -0.2) is 0 Å². The van der Waals surface area contributed by atoms with E-state index < -0.39 is 0 Å². The molecule has 1 fully saturated rings. The van der Waals surface area contributed by atoms with Crippen molar-refractivity contribution in [1.82, 2.24) is 5.32 Å². The zero-order valence-corrected chi connectivity index (χ0v) is 12.1. The van der Waals surface area contributed by atoms with Gasteiger partial charge in [-0.05, 0) is 31.4 Å². The molecule has 3 unspecified atom stereocenters. The fourth-order valence-electron chi connectivity index (χ4n) is 2.99. The lowest BCUT2D eigenvalue weighted by Gasteiger charge is -2.29. The molecule has 1 saturated carbocycles. The number of ether oxygens (including phenoxy) is 2. The number of rotatable bonds is 3. The smallest absolute Gasteiger partial charge is 0.223 e. The van der Waals surface area contributed by atoms with Gasteiger partial charge in [-0.1, -0.05) is 18.6 Å². The highest BCUT2D eigenvalue weighted by atomic mass is 16.6. The van der Waals surface area contributed by atoms with Gasteiger partial charge in [0.25, 0.3) is 0 Å². The average molecular weight is 290 g/mol. The van der Waals surface area contributed by atoms with Gasteiger partial charge >= 0.3 is 0 Å². The summed E-state index contributed by atoms with van der Waals surface area (Å²) < 4.78 is 11.5. The molecule has 0 aromatic heterocycles. The Hall–Kier alpha value is -1.75. The number of para-hydroxylation sites is 2. The monoisotopic (exact) mass is 290 g/mol. The fourth-order valence-corrected chi connectivity index (χ4v) is 2.99. The molecule has 3 rings (SSSR count). The van der Waals surface area contributed by atoms with Crippen LogP contribution in [0.15, 0.2) is 24.3 Å². The van der Waals surface area contributed by atoms with Crippen LogP contribution in [0.3, 0.4) is 0 Å². The Labute approximate surface area is 124 Å². The molecule has 0 saturated heterocycles. The molecule has 5 nitrogen and oxygen atoms in total. The second kappa shape index (κ2) is 6.35. The average Bonchev–Trinajstić information content (AvgIpc) is 2.52. The number of nitrogens with two attached hydrogens (primary N) is 1. The summed E-state index contributed by atoms with van der Waals surface area (Å²) in [5.74, 6) is 1.64. The van der Waals surface area contributed by atoms with E-state index in [9.17, 15) is 4.79 Å². The quantitative estimate of drug-likeness (QED) is 0.884. The normalized spacial score (nSPS) is 28.0. The van der Waals surface area contributed by atoms with E-state index in [2.05, 4.69) is 5.32 Å². The first-order valence-electron chi connectivity index (χ1n) is 7.64. The maximum Gasteiger partial charge on any atom is 0.223 e. The van der Waals surface area contributed by atoms with Gasteiger partial charge < -0.3 is 20.5 Å². The van der Waals surface area contributed by atoms with Gasteiger partial charge in [0.05, 0.1) is 6.54 Å². The third kappa shape index (κ3) is 3.47. The van der Waals surface area contributed by atoms with Crippen LogP contribution in [0.4, 0.5) is 0 Å². The molecule has 1 aromatic carbocycles. The zero-order chi connectivity index (χ0) is 14.7. The standard InChI is InChI=1S/C16H22N2O3/c17-12-5-3-4-11(8-12)16(19)18-9-13-10-20-14-6-1-2-7-15(14)21-13/h1-2,6-7,11-13H,3-5,8-10,17H2,(H,18,19). The summed E-state index contributed by atoms with van der Waals surface area (Å²) >= 11 is 0. The van der Waals surface area contributed by atoms with Gasteiger partial charge in [-0.2, -0.15) is 0 Å². The fraction of sp³-hybridized carbons (Fsp3) is 0.562. The first-order valence-corrected chi connectivity index (χ1v) is 7.64. The molecule has 21 heavy (non-hydrogen) atoms. The Morgan fingerprint density at radius 2 is 2.10 bits per heavy atom. The highest BCUT2D eigenvalue weighted by Crippen LogP contribution is 2.30. The molecule has 1 aliphatic heterocycles. The molecular weight excluding hydrogens is 268 g/mol. The van der Waals surface area contributed by atoms with E-state index in [0.717, 1.165) is 37.2 Å². The maximum absolute atomic E-state index is 12.2. The number of fused-ring (bicyclic) bond motifs is 1. The van der Waals surface area contributed by atoms with Crippen molar-refractivity contribution in [1.29, 1.82) is 0 Å². The van der Waals surface area contributed by atoms with Crippen LogP contribution >= 0.6 is 0 Å². The molecule has 1 aliphatic carbocycles. The summed E-state index contributed by atoms with van der Waals surface area (Å²) in [5, 5.41) is 2.97. The second-order valence-electron chi connectivity index (χ2n) is 5.87. The topological polar surface area (TPSA) is 73.6 Å². The van der Waals surface area contributed by atoms with Crippen LogP contribution in [0, 0.1) is 5.92 Å². The van der Waals surface area contributed by atoms with E-state index in [-0.39, 0.29) is 24.0 Å². The Balaban J connectivity index is 1.49. The van der Waals surface area contributed by atoms with Crippen LogP contribution in [-0.4, -0.2) is 31.2 Å². The third-order valence-electron chi connectivity index (χ3n) is 4.16. The number of hydrogen-bond donors (Lipinski definition) is 2. The molecule has 1 amide bonds. The van der Waals surface area contributed by atoms with E-state index >= 15 is 0 Å². The highest BCUT2D eigenvalue weighted by molar-refractivity contribution is 5.78. The first-order chi connectivity index (χ1) is 10.2. The van der Waals surface area contributed by atoms with Gasteiger partial charge in [0.15, 0.2) is 11.5 Å². The zero-order valence-electron chi connectivity index (χ0n) is 12.1. The van der Waals surface area contributed by atoms with Crippen LogP contribution in [0.25, 0.3) is 0 Å². The summed E-state index contributed by atoms with van der Waals surface area (Å²) in [7, 11) is 0. The minimum absolute atomic E-state index is 0.0468. The molecule has 1 heterocycles. The van der Waals surface area contributed by atoms with E-state index in [1.54, 1.807) is 0 Å². The van der Waals surface area contributed by atoms with Crippen molar-refractivity contribution in [3.63, 3.8) is 0 Å². The largest absolute Gasteiger partial charge is 0.486 e. The van der Waals surface area contributed by atoms with Crippen molar-refractivity contribution in [2.75, 3.05) is 13.2 Å². The van der Waals surface area contributed by atoms with Gasteiger partial charge in [0, 0.05) is 12.0 Å². The van der Waals surface area contributed by atoms with Gasteiger partial charge in [0.2, 0.25) is 5.91 Å². The number of nitrogens with one attached hydrogen (secondary N) is 1. The van der Waals surface area contributed by atoms with Crippen LogP contribution in [-0.2, 0) is 4.79 Å². The summed E-state index contributed by atoms with van der Waals surface area (Å²) in [6, 6.07) is 7.75. The molecule has 3 atom stereocenters. The van der Waals surface area contributed by atoms with Crippen molar-refractivity contribution >= 4 is 5.91 Å². The minimum Gasteiger partial charge on any atom is -0.486 e. The summed E-state index contributed by atoms with van der Waals surface area (Å²) in [6.45, 7) is 0.931. The number of amides is 1. The summed E-state index contributed by atoms with van der Waals surface area (Å²) in [5.41, 5.74) is 5.93. The molecule has 114 valence electrons. The van der Waals surface area contributed by atoms with Gasteiger partial charge in [-0.15, -0.1) is 0 Å². The maximum atomic E-state index is 12.2. The van der Waals surface area contributed by atoms with Crippen molar-refractivity contribution in [2.24, 2.45) is 11.7 Å². The first kappa shape index (κ1) is 14.2. The number of hydrogen-bond acceptors (Lipinski definition) is 4. The molecule has 0 bridgehead atoms. The van der Waals surface area contributed by atoms with Crippen LogP contribution in [0.1, 0.15) is 25.7 Å². The Morgan fingerprint density at radius 1 is 1.29 bits per heavy atom. The molecule has 0 spiro atoms. The lowest BCUT2D eigenvalue weighted by molar-refractivity contribution is -0.126. The van der Waals surface area contributed by atoms with E-state index in [0.29, 0.717) is 13.2 Å². The van der Waals surface area contributed by atoms with Crippen LogP contribution < -0.4 is 20.5 Å². The van der Waals surface area contributed by atoms with Crippen LogP contribution in [0.2, 0.25) is 0 Å². The Kier molecular flexibility index (Phi) is 4.29. The second-order valence-corrected chi connectivity index (χ2v) is 5.87. The van der Waals surface area contributed by atoms with E-state index in [1.165, 1.54) is 0 Å². The lowest BCUT2D eigenvalue weighted by atomic mass is 9.85. The van der Waals surface area contributed by atoms with Gasteiger partial charge in [-0.3, -0.25) is 4.79 Å². The number of benzene rings is 1. The predicted octanol–water partition coefficient (Wildman–Crippen LogP) is 1.46. The number of carbonyl (C=O) groups is 1. The molecule has 0 radical (unpaired) electrons. The van der Waals surface area contributed by atoms with Crippen molar-refractivity contribution in [2.45, 2.75) is 37.8 Å². The Bertz CT molecular complexity index is 506. The molecule has 5 heteroatoms. The Morgan fingerprint density at radius 3 is 2.90 bits per heavy atom. The number of carbonyl (C=O) groups excluding carboxylic acids is 1. The SMILES string of the molecule is NC1CCCC(C(=O)NCC2COc3ccccc3O2)C1. The molecule has 3 N–H and O–H groups in total. The van der Waals surface area contributed by atoms with Crippen LogP contribution in [0.5, 0.6) is 11.5 Å². The van der Waals surface area contributed by atoms with Crippen molar-refractivity contribution in [3.05, 3.63) is 24.3 Å². The lowest BCUT2D eigenvalue weighted by Crippen LogP contribution is -2.44.